The van der Waals surface area contributed by atoms with E-state index in [0.717, 1.165) is 18.2 Å². The number of nitrogens with one attached hydrogen (secondary N) is 2. The maximum Gasteiger partial charge on any atom is 0.243 e. The molecule has 0 saturated carbocycles. The lowest BCUT2D eigenvalue weighted by Gasteiger charge is -2.10. The lowest BCUT2D eigenvalue weighted by atomic mass is 10.2. The van der Waals surface area contributed by atoms with Crippen LogP contribution in [-0.4, -0.2) is 27.4 Å². The summed E-state index contributed by atoms with van der Waals surface area (Å²) in [5.41, 5.74) is 5.24. The van der Waals surface area contributed by atoms with Gasteiger partial charge in [0.2, 0.25) is 15.9 Å². The number of nitrogens with two attached hydrogens (primary N) is 1. The molecule has 8 heteroatoms. The average molecular weight is 303 g/mol. The number of carbonyl (C=O) groups excluding carboxylic acids is 1. The molecule has 0 saturated heterocycles. The van der Waals surface area contributed by atoms with Crippen LogP contribution in [0.25, 0.3) is 0 Å². The molecule has 112 valence electrons. The number of hydrogen-bond donors (Lipinski definition) is 3. The van der Waals surface area contributed by atoms with Gasteiger partial charge in [0, 0.05) is 6.54 Å². The summed E-state index contributed by atoms with van der Waals surface area (Å²) in [6, 6.07) is 2.95. The van der Waals surface area contributed by atoms with Gasteiger partial charge in [-0.05, 0) is 24.1 Å². The van der Waals surface area contributed by atoms with Crippen molar-refractivity contribution in [1.29, 1.82) is 0 Å². The first-order valence-electron chi connectivity index (χ1n) is 6.04. The molecule has 6 nitrogen and oxygen atoms in total. The van der Waals surface area contributed by atoms with Crippen LogP contribution in [0.1, 0.15) is 13.8 Å². The number of hydrogen-bond acceptors (Lipinski definition) is 4. The number of benzene rings is 1. The summed E-state index contributed by atoms with van der Waals surface area (Å²) in [7, 11) is -3.94. The molecule has 1 rings (SSSR count). The van der Waals surface area contributed by atoms with Crippen LogP contribution in [0.2, 0.25) is 0 Å². The third kappa shape index (κ3) is 4.78. The second-order valence-corrected chi connectivity index (χ2v) is 6.44. The number of nitrogen functional groups attached to an aromatic ring is 1. The highest BCUT2D eigenvalue weighted by Crippen LogP contribution is 2.18. The highest BCUT2D eigenvalue weighted by Gasteiger charge is 2.18. The van der Waals surface area contributed by atoms with Crippen LogP contribution in [0, 0.1) is 11.7 Å². The molecule has 0 aromatic heterocycles. The highest BCUT2D eigenvalue weighted by atomic mass is 32.2. The predicted octanol–water partition coefficient (Wildman–Crippen LogP) is 0.458. The Bertz CT molecular complexity index is 588. The number of halogens is 1. The van der Waals surface area contributed by atoms with E-state index in [0.29, 0.717) is 6.54 Å². The molecule has 0 spiro atoms. The van der Waals surface area contributed by atoms with E-state index in [-0.39, 0.29) is 16.5 Å². The van der Waals surface area contributed by atoms with Gasteiger partial charge in [0.1, 0.15) is 10.7 Å². The second kappa shape index (κ2) is 6.67. The summed E-state index contributed by atoms with van der Waals surface area (Å²) >= 11 is 0. The fourth-order valence-corrected chi connectivity index (χ4v) is 2.48. The topological polar surface area (TPSA) is 101 Å². The van der Waals surface area contributed by atoms with E-state index in [1.807, 2.05) is 13.8 Å². The Balaban J connectivity index is 2.68. The summed E-state index contributed by atoms with van der Waals surface area (Å²) in [4.78, 5) is 11.2. The van der Waals surface area contributed by atoms with Crippen molar-refractivity contribution in [1.82, 2.24) is 10.0 Å². The van der Waals surface area contributed by atoms with Crippen molar-refractivity contribution in [2.45, 2.75) is 18.7 Å². The Morgan fingerprint density at radius 2 is 2.05 bits per heavy atom. The van der Waals surface area contributed by atoms with Crippen LogP contribution in [0.5, 0.6) is 0 Å². The molecular weight excluding hydrogens is 285 g/mol. The van der Waals surface area contributed by atoms with E-state index in [2.05, 4.69) is 10.0 Å². The molecule has 20 heavy (non-hydrogen) atoms. The van der Waals surface area contributed by atoms with Gasteiger partial charge in [-0.25, -0.2) is 17.5 Å². The molecule has 4 N–H and O–H groups in total. The zero-order chi connectivity index (χ0) is 15.3. The van der Waals surface area contributed by atoms with E-state index >= 15 is 0 Å². The zero-order valence-electron chi connectivity index (χ0n) is 11.3. The fraction of sp³-hybridized carbons (Fsp3) is 0.417. The van der Waals surface area contributed by atoms with Crippen LogP contribution >= 0.6 is 0 Å². The highest BCUT2D eigenvalue weighted by molar-refractivity contribution is 7.89. The van der Waals surface area contributed by atoms with Crippen LogP contribution < -0.4 is 15.8 Å². The van der Waals surface area contributed by atoms with Gasteiger partial charge in [0.15, 0.2) is 0 Å². The third-order valence-electron chi connectivity index (χ3n) is 2.39. The van der Waals surface area contributed by atoms with Gasteiger partial charge in [-0.2, -0.15) is 0 Å². The quantitative estimate of drug-likeness (QED) is 0.664. The first-order chi connectivity index (χ1) is 9.22. The van der Waals surface area contributed by atoms with Crippen molar-refractivity contribution in [2.75, 3.05) is 18.8 Å². The van der Waals surface area contributed by atoms with Gasteiger partial charge in [0.05, 0.1) is 12.2 Å². The third-order valence-corrected chi connectivity index (χ3v) is 3.87. The van der Waals surface area contributed by atoms with Gasteiger partial charge in [0.25, 0.3) is 0 Å². The number of carbonyl (C=O) groups is 1. The smallest absolute Gasteiger partial charge is 0.243 e. The van der Waals surface area contributed by atoms with Crippen molar-refractivity contribution in [2.24, 2.45) is 5.92 Å². The molecule has 0 fully saturated rings. The summed E-state index contributed by atoms with van der Waals surface area (Å²) in [5, 5.41) is 2.57. The van der Waals surface area contributed by atoms with Gasteiger partial charge in [-0.1, -0.05) is 13.8 Å². The van der Waals surface area contributed by atoms with Crippen molar-refractivity contribution >= 4 is 21.6 Å². The average Bonchev–Trinajstić information content (AvgIpc) is 2.33. The van der Waals surface area contributed by atoms with Crippen molar-refractivity contribution in [3.05, 3.63) is 24.0 Å². The molecule has 0 atom stereocenters. The molecule has 0 heterocycles. The van der Waals surface area contributed by atoms with Gasteiger partial charge < -0.3 is 11.1 Å². The first-order valence-corrected chi connectivity index (χ1v) is 7.52. The molecule has 1 aromatic carbocycles. The Hall–Kier alpha value is -1.67. The van der Waals surface area contributed by atoms with Gasteiger partial charge in [-0.3, -0.25) is 4.79 Å². The number of anilines is 1. The van der Waals surface area contributed by atoms with Gasteiger partial charge in [-0.15, -0.1) is 0 Å². The number of sulfonamides is 1. The minimum absolute atomic E-state index is 0.208. The minimum atomic E-state index is -3.94. The molecule has 1 aromatic rings. The predicted molar refractivity (Wildman–Crippen MR) is 73.8 cm³/mol. The fourth-order valence-electron chi connectivity index (χ4n) is 1.38. The zero-order valence-corrected chi connectivity index (χ0v) is 12.1. The van der Waals surface area contributed by atoms with Crippen molar-refractivity contribution < 1.29 is 17.6 Å². The maximum absolute atomic E-state index is 12.9. The SMILES string of the molecule is CC(C)CNC(=O)CNS(=O)(=O)c1ccc(F)cc1N. The van der Waals surface area contributed by atoms with E-state index in [4.69, 9.17) is 5.73 Å². The summed E-state index contributed by atoms with van der Waals surface area (Å²) < 4.78 is 38.8. The Morgan fingerprint density at radius 1 is 1.40 bits per heavy atom. The van der Waals surface area contributed by atoms with Gasteiger partial charge >= 0.3 is 0 Å². The first kappa shape index (κ1) is 16.4. The number of rotatable bonds is 6. The van der Waals surface area contributed by atoms with E-state index in [1.165, 1.54) is 0 Å². The van der Waals surface area contributed by atoms with Crippen LogP contribution in [0.15, 0.2) is 23.1 Å². The monoisotopic (exact) mass is 303 g/mol. The summed E-state index contributed by atoms with van der Waals surface area (Å²) in [5.74, 6) is -0.803. The lowest BCUT2D eigenvalue weighted by Crippen LogP contribution is -2.38. The van der Waals surface area contributed by atoms with Crippen molar-refractivity contribution in [3.8, 4) is 0 Å². The normalized spacial score (nSPS) is 11.6. The van der Waals surface area contributed by atoms with Crippen LogP contribution in [-0.2, 0) is 14.8 Å². The maximum atomic E-state index is 12.9. The summed E-state index contributed by atoms with van der Waals surface area (Å²) in [6.07, 6.45) is 0. The molecule has 0 radical (unpaired) electrons. The standard InChI is InChI=1S/C12H18FN3O3S/c1-8(2)6-15-12(17)7-16-20(18,19)11-4-3-9(13)5-10(11)14/h3-5,8,16H,6-7,14H2,1-2H3,(H,15,17). The Kier molecular flexibility index (Phi) is 5.46. The van der Waals surface area contributed by atoms with E-state index in [1.54, 1.807) is 0 Å². The lowest BCUT2D eigenvalue weighted by molar-refractivity contribution is -0.120. The van der Waals surface area contributed by atoms with E-state index < -0.39 is 28.3 Å². The number of amides is 1. The van der Waals surface area contributed by atoms with Crippen LogP contribution in [0.4, 0.5) is 10.1 Å². The molecule has 0 bridgehead atoms. The van der Waals surface area contributed by atoms with E-state index in [9.17, 15) is 17.6 Å². The molecule has 0 aliphatic heterocycles. The molecule has 1 amide bonds. The molecular formula is C12H18FN3O3S. The second-order valence-electron chi connectivity index (χ2n) is 4.70. The van der Waals surface area contributed by atoms with Crippen molar-refractivity contribution in [3.63, 3.8) is 0 Å². The minimum Gasteiger partial charge on any atom is -0.398 e. The Labute approximate surface area is 117 Å². The molecule has 0 unspecified atom stereocenters. The Morgan fingerprint density at radius 3 is 2.60 bits per heavy atom. The molecule has 0 aliphatic rings. The molecule has 0 aliphatic carbocycles. The van der Waals surface area contributed by atoms with Crippen LogP contribution in [0.3, 0.4) is 0 Å². The largest absolute Gasteiger partial charge is 0.398 e. The summed E-state index contributed by atoms with van der Waals surface area (Å²) in [6.45, 7) is 3.90.